The minimum Gasteiger partial charge on any atom is -0.497 e. The first-order valence-electron chi connectivity index (χ1n) is 11.6. The second-order valence-electron chi connectivity index (χ2n) is 9.28. The van der Waals surface area contributed by atoms with Crippen molar-refractivity contribution in [3.8, 4) is 5.75 Å². The Bertz CT molecular complexity index is 1070. The maximum atomic E-state index is 12.0. The average Bonchev–Trinajstić information content (AvgIpc) is 2.89. The fourth-order valence-electron chi connectivity index (χ4n) is 4.72. The predicted molar refractivity (Wildman–Crippen MR) is 130 cm³/mol. The number of methoxy groups -OCH3 is 3. The number of benzene rings is 2. The van der Waals surface area contributed by atoms with Gasteiger partial charge in [0.05, 0.1) is 13.7 Å². The largest absolute Gasteiger partial charge is 0.497 e. The average molecular weight is 525 g/mol. The summed E-state index contributed by atoms with van der Waals surface area (Å²) in [6.45, 7) is 2.65. The molecule has 3 N–H and O–H groups in total. The molecular formula is C26H33ClO9. The second-order valence-corrected chi connectivity index (χ2v) is 9.68. The van der Waals surface area contributed by atoms with Crippen LogP contribution in [0.3, 0.4) is 0 Å². The molecule has 2 unspecified atom stereocenters. The van der Waals surface area contributed by atoms with Crippen LogP contribution in [0.25, 0.3) is 0 Å². The van der Waals surface area contributed by atoms with Crippen LogP contribution < -0.4 is 4.74 Å². The topological polar surface area (TPSA) is 116 Å². The van der Waals surface area contributed by atoms with Crippen molar-refractivity contribution in [2.75, 3.05) is 27.9 Å². The minimum absolute atomic E-state index is 0.318. The lowest BCUT2D eigenvalue weighted by molar-refractivity contribution is -0.502. The Hall–Kier alpha value is -1.79. The molecule has 2 fully saturated rings. The van der Waals surface area contributed by atoms with E-state index in [9.17, 15) is 15.3 Å². The van der Waals surface area contributed by atoms with Crippen LogP contribution in [0, 0.1) is 0 Å². The number of aliphatic hydroxyl groups excluding tert-OH is 2. The number of hydrogen-bond donors (Lipinski definition) is 3. The van der Waals surface area contributed by atoms with Crippen LogP contribution in [-0.4, -0.2) is 79.2 Å². The van der Waals surface area contributed by atoms with Gasteiger partial charge in [0.2, 0.25) is 17.4 Å². The molecule has 0 aliphatic carbocycles. The quantitative estimate of drug-likeness (QED) is 0.502. The summed E-state index contributed by atoms with van der Waals surface area (Å²) in [5, 5.41) is 33.3. The number of hydrogen-bond acceptors (Lipinski definition) is 9. The summed E-state index contributed by atoms with van der Waals surface area (Å²) < 4.78 is 34.7. The lowest BCUT2D eigenvalue weighted by Crippen LogP contribution is -2.75. The first kappa shape index (κ1) is 27.3. The second kappa shape index (κ2) is 10.2. The third-order valence-corrected chi connectivity index (χ3v) is 7.61. The third-order valence-electron chi connectivity index (χ3n) is 7.24. The smallest absolute Gasteiger partial charge is 0.222 e. The van der Waals surface area contributed by atoms with Gasteiger partial charge in [-0.2, -0.15) is 0 Å². The Balaban J connectivity index is 1.74. The first-order valence-corrected chi connectivity index (χ1v) is 12.0. The van der Waals surface area contributed by atoms with Crippen LogP contribution in [-0.2, 0) is 35.9 Å². The van der Waals surface area contributed by atoms with Crippen LogP contribution >= 0.6 is 11.6 Å². The number of aliphatic hydroxyl groups is 3. The van der Waals surface area contributed by atoms with Gasteiger partial charge in [-0.05, 0) is 55.7 Å². The van der Waals surface area contributed by atoms with Crippen molar-refractivity contribution in [1.29, 1.82) is 0 Å². The molecule has 0 aromatic heterocycles. The zero-order valence-corrected chi connectivity index (χ0v) is 21.7. The minimum atomic E-state index is -2.12. The molecule has 0 bridgehead atoms. The monoisotopic (exact) mass is 524 g/mol. The van der Waals surface area contributed by atoms with E-state index in [1.807, 2.05) is 24.3 Å². The molecule has 2 saturated heterocycles. The van der Waals surface area contributed by atoms with E-state index >= 15 is 0 Å². The molecule has 198 valence electrons. The fourth-order valence-corrected chi connectivity index (χ4v) is 4.90. The molecule has 2 heterocycles. The van der Waals surface area contributed by atoms with E-state index in [4.69, 9.17) is 40.0 Å². The Morgan fingerprint density at radius 1 is 0.944 bits per heavy atom. The summed E-state index contributed by atoms with van der Waals surface area (Å²) in [6.07, 6.45) is -4.36. The molecule has 10 heteroatoms. The van der Waals surface area contributed by atoms with Crippen LogP contribution in [0.4, 0.5) is 0 Å². The maximum Gasteiger partial charge on any atom is 0.222 e. The SMILES string of the molecule is COc1ccc(Cc2cc([C@]3(O)O[C@H](CO)[C@H](O)[C@@H]4OC(C)(OC)C(C)(OC)O[C@H]43)ccc2Cl)cc1. The fraction of sp³-hybridized carbons (Fsp3) is 0.538. The van der Waals surface area contributed by atoms with Crippen LogP contribution in [0.1, 0.15) is 30.5 Å². The van der Waals surface area contributed by atoms with Crippen molar-refractivity contribution >= 4 is 11.6 Å². The van der Waals surface area contributed by atoms with E-state index in [0.29, 0.717) is 17.0 Å². The van der Waals surface area contributed by atoms with Gasteiger partial charge in [0.15, 0.2) is 0 Å². The van der Waals surface area contributed by atoms with E-state index in [-0.39, 0.29) is 0 Å². The van der Waals surface area contributed by atoms with E-state index in [0.717, 1.165) is 16.9 Å². The molecule has 7 atom stereocenters. The van der Waals surface area contributed by atoms with Gasteiger partial charge in [-0.25, -0.2) is 0 Å². The van der Waals surface area contributed by atoms with Gasteiger partial charge in [-0.1, -0.05) is 29.8 Å². The Morgan fingerprint density at radius 3 is 2.17 bits per heavy atom. The summed E-state index contributed by atoms with van der Waals surface area (Å²) in [5.74, 6) is -4.28. The summed E-state index contributed by atoms with van der Waals surface area (Å²) in [6, 6.07) is 12.5. The number of fused-ring (bicyclic) bond motifs is 1. The van der Waals surface area contributed by atoms with Crippen LogP contribution in [0.2, 0.25) is 5.02 Å². The van der Waals surface area contributed by atoms with Gasteiger partial charge in [0.1, 0.15) is 30.2 Å². The highest BCUT2D eigenvalue weighted by atomic mass is 35.5. The molecule has 0 amide bonds. The molecule has 9 nitrogen and oxygen atoms in total. The Kier molecular flexibility index (Phi) is 7.70. The Morgan fingerprint density at radius 2 is 1.58 bits per heavy atom. The molecule has 2 aliphatic rings. The van der Waals surface area contributed by atoms with Crippen molar-refractivity contribution in [1.82, 2.24) is 0 Å². The van der Waals surface area contributed by atoms with Crippen molar-refractivity contribution in [3.05, 3.63) is 64.2 Å². The normalized spacial score (nSPS) is 36.4. The molecule has 4 rings (SSSR count). The lowest BCUT2D eigenvalue weighted by Gasteiger charge is -2.58. The summed E-state index contributed by atoms with van der Waals surface area (Å²) in [4.78, 5) is 0. The van der Waals surface area contributed by atoms with Gasteiger partial charge < -0.3 is 43.7 Å². The van der Waals surface area contributed by atoms with Gasteiger partial charge in [0.25, 0.3) is 0 Å². The molecular weight excluding hydrogens is 492 g/mol. The first-order chi connectivity index (χ1) is 17.0. The van der Waals surface area contributed by atoms with Gasteiger partial charge in [0, 0.05) is 24.8 Å². The lowest BCUT2D eigenvalue weighted by atomic mass is 9.85. The number of rotatable bonds is 7. The van der Waals surface area contributed by atoms with Crippen molar-refractivity contribution in [3.63, 3.8) is 0 Å². The Labute approximate surface area is 215 Å². The molecule has 2 aliphatic heterocycles. The molecule has 0 spiro atoms. The van der Waals surface area contributed by atoms with Gasteiger partial charge in [-0.15, -0.1) is 0 Å². The molecule has 0 saturated carbocycles. The molecule has 2 aromatic carbocycles. The standard InChI is InChI=1S/C26H33ClO9/c1-24(32-4)25(2,33-5)36-23-22(35-24)21(29)20(14-28)34-26(23,30)17-8-11-19(27)16(13-17)12-15-6-9-18(31-3)10-7-15/h6-11,13,20-23,28-30H,12,14H2,1-5H3/t20-,21+,22+,23-,24?,25?,26+/m1/s1. The van der Waals surface area contributed by atoms with Crippen LogP contribution in [0.15, 0.2) is 42.5 Å². The zero-order chi connectivity index (χ0) is 26.3. The summed E-state index contributed by atoms with van der Waals surface area (Å²) >= 11 is 6.51. The van der Waals surface area contributed by atoms with Gasteiger partial charge >= 0.3 is 0 Å². The van der Waals surface area contributed by atoms with Crippen molar-refractivity contribution in [2.45, 2.75) is 62.0 Å². The highest BCUT2D eigenvalue weighted by molar-refractivity contribution is 6.31. The number of halogens is 1. The zero-order valence-electron chi connectivity index (χ0n) is 20.9. The molecule has 36 heavy (non-hydrogen) atoms. The van der Waals surface area contributed by atoms with E-state index in [1.54, 1.807) is 39.2 Å². The number of ether oxygens (including phenoxy) is 6. The van der Waals surface area contributed by atoms with E-state index in [1.165, 1.54) is 14.2 Å². The maximum absolute atomic E-state index is 12.0. The molecule has 0 radical (unpaired) electrons. The molecule has 2 aromatic rings. The van der Waals surface area contributed by atoms with E-state index in [2.05, 4.69) is 0 Å². The van der Waals surface area contributed by atoms with Crippen molar-refractivity contribution < 1.29 is 43.7 Å². The summed E-state index contributed by atoms with van der Waals surface area (Å²) in [5.41, 5.74) is 2.03. The van der Waals surface area contributed by atoms with Crippen molar-refractivity contribution in [2.24, 2.45) is 0 Å². The highest BCUT2D eigenvalue weighted by Crippen LogP contribution is 2.49. The van der Waals surface area contributed by atoms with Gasteiger partial charge in [-0.3, -0.25) is 0 Å². The predicted octanol–water partition coefficient (Wildman–Crippen LogP) is 2.35. The highest BCUT2D eigenvalue weighted by Gasteiger charge is 2.66. The third kappa shape index (κ3) is 4.53. The van der Waals surface area contributed by atoms with Crippen LogP contribution in [0.5, 0.6) is 5.75 Å². The van der Waals surface area contributed by atoms with E-state index < -0.39 is 48.4 Å². The summed E-state index contributed by atoms with van der Waals surface area (Å²) in [7, 11) is 4.45.